The maximum absolute atomic E-state index is 11.7. The van der Waals surface area contributed by atoms with E-state index in [1.807, 2.05) is 0 Å². The van der Waals surface area contributed by atoms with Crippen molar-refractivity contribution in [1.82, 2.24) is 9.78 Å². The van der Waals surface area contributed by atoms with Crippen molar-refractivity contribution < 1.29 is 64.4 Å². The number of nitrogens with zero attached hydrogens (tertiary/aromatic N) is 2. The first-order valence-electron chi connectivity index (χ1n) is 18.5. The van der Waals surface area contributed by atoms with E-state index >= 15 is 0 Å². The van der Waals surface area contributed by atoms with Crippen LogP contribution in [0.25, 0.3) is 0 Å². The molecule has 1 aromatic carbocycles. The van der Waals surface area contributed by atoms with E-state index in [0.717, 1.165) is 31.2 Å². The fraction of sp³-hybridized carbons (Fsp3) is 0.615. The van der Waals surface area contributed by atoms with Gasteiger partial charge in [0.2, 0.25) is 12.2 Å². The normalized spacial score (nSPS) is 31.8. The SMILES string of the molecule is [2H]C([2H])(c1ccc(OC([2H])(C([2H])([2H])[2H])C([2H])([2H])[2H])cc1)c1c(O[C@@H]2O[C@H](COC(=O)OCC)[C@@H](O)[C@H](O)[C@H]2O)nn(C(C([2H])([2H])[2H])C([2H])([2H])[2H])c1C. The van der Waals surface area contributed by atoms with E-state index in [-0.39, 0.29) is 12.2 Å². The predicted molar refractivity (Wildman–Crippen MR) is 133 cm³/mol. The topological polar surface area (TPSA) is 142 Å². The second-order valence-electron chi connectivity index (χ2n) is 7.82. The molecule has 0 unspecified atom stereocenters. The molecule has 3 rings (SSSR count). The van der Waals surface area contributed by atoms with Crippen LogP contribution in [0.1, 0.15) is 77.8 Å². The lowest BCUT2D eigenvalue weighted by molar-refractivity contribution is -0.278. The van der Waals surface area contributed by atoms with Gasteiger partial charge >= 0.3 is 6.16 Å². The summed E-state index contributed by atoms with van der Waals surface area (Å²) < 4.78 is 145. The number of aliphatic hydroxyl groups is 3. The summed E-state index contributed by atoms with van der Waals surface area (Å²) in [6.07, 6.45) is -17.0. The third-order valence-corrected chi connectivity index (χ3v) is 5.23. The standard InChI is InChI=1S/C26H38N2O9/c1-7-33-26(32)34-13-20-21(29)22(30)23(31)25(36-20)37-24-19(16(6)28(27-24)14(2)3)12-17-8-10-18(11-9-17)35-15(4)5/h8-11,14-15,20-23,25,29-31H,7,12-13H2,1-6H3/t20-,21-,22+,23-,25+/m1/s1/i2D3,3D3,4D3,5D3,12D2,15D. The molecule has 0 radical (unpaired) electrons. The smallest absolute Gasteiger partial charge is 0.491 e. The lowest BCUT2D eigenvalue weighted by atomic mass is 9.99. The first-order chi connectivity index (χ1) is 23.5. The molecule has 5 atom stereocenters. The number of aromatic nitrogens is 2. The lowest BCUT2D eigenvalue weighted by Crippen LogP contribution is -2.60. The zero-order valence-electron chi connectivity index (χ0n) is 34.9. The van der Waals surface area contributed by atoms with Crippen LogP contribution in [0.3, 0.4) is 0 Å². The third-order valence-electron chi connectivity index (χ3n) is 5.23. The van der Waals surface area contributed by atoms with Crippen LogP contribution in [0.5, 0.6) is 11.6 Å². The third kappa shape index (κ3) is 7.13. The van der Waals surface area contributed by atoms with Crippen LogP contribution in [0, 0.1) is 6.92 Å². The Bertz CT molecular complexity index is 1510. The van der Waals surface area contributed by atoms with Gasteiger partial charge in [-0.2, -0.15) is 0 Å². The monoisotopic (exact) mass is 537 g/mol. The average Bonchev–Trinajstić information content (AvgIpc) is 3.29. The maximum atomic E-state index is 11.7. The van der Waals surface area contributed by atoms with Gasteiger partial charge in [0, 0.05) is 42.9 Å². The summed E-state index contributed by atoms with van der Waals surface area (Å²) in [5, 5.41) is 35.7. The van der Waals surface area contributed by atoms with Crippen LogP contribution < -0.4 is 9.47 Å². The van der Waals surface area contributed by atoms with Gasteiger partial charge in [-0.05, 0) is 59.0 Å². The van der Waals surface area contributed by atoms with Crippen LogP contribution in [-0.2, 0) is 20.6 Å². The van der Waals surface area contributed by atoms with E-state index in [1.54, 1.807) is 0 Å². The van der Waals surface area contributed by atoms with E-state index in [1.165, 1.54) is 6.92 Å². The summed E-state index contributed by atoms with van der Waals surface area (Å²) in [6, 6.07) is 1.57. The fourth-order valence-corrected chi connectivity index (χ4v) is 3.41. The highest BCUT2D eigenvalue weighted by molar-refractivity contribution is 5.59. The summed E-state index contributed by atoms with van der Waals surface area (Å²) in [4.78, 5) is 11.7. The van der Waals surface area contributed by atoms with Crippen molar-refractivity contribution >= 4 is 6.16 Å². The van der Waals surface area contributed by atoms with Crippen molar-refractivity contribution in [2.45, 2.75) is 90.5 Å². The molecule has 1 saturated heterocycles. The van der Waals surface area contributed by atoms with Crippen LogP contribution >= 0.6 is 0 Å². The zero-order valence-corrected chi connectivity index (χ0v) is 19.9. The number of benzene rings is 1. The quantitative estimate of drug-likeness (QED) is 0.387. The molecule has 2 heterocycles. The van der Waals surface area contributed by atoms with Crippen molar-refractivity contribution in [2.24, 2.45) is 0 Å². The number of rotatable bonds is 10. The minimum absolute atomic E-state index is 0.0640. The zero-order chi connectivity index (χ0) is 40.0. The molecule has 11 heteroatoms. The minimum Gasteiger partial charge on any atom is -0.491 e. The molecular formula is C26H38N2O9. The Morgan fingerprint density at radius 3 is 2.54 bits per heavy atom. The number of aliphatic hydroxyl groups excluding tert-OH is 3. The lowest BCUT2D eigenvalue weighted by Gasteiger charge is -2.39. The predicted octanol–water partition coefficient (Wildman–Crippen LogP) is 2.51. The molecule has 1 fully saturated rings. The molecule has 2 aromatic rings. The van der Waals surface area contributed by atoms with Crippen molar-refractivity contribution in [3.8, 4) is 11.6 Å². The van der Waals surface area contributed by atoms with Gasteiger partial charge in [-0.25, -0.2) is 4.79 Å². The average molecular weight is 538 g/mol. The molecule has 0 spiro atoms. The Morgan fingerprint density at radius 2 is 1.89 bits per heavy atom. The first-order valence-corrected chi connectivity index (χ1v) is 11.0. The largest absolute Gasteiger partial charge is 0.508 e. The van der Waals surface area contributed by atoms with Crippen molar-refractivity contribution in [3.63, 3.8) is 0 Å². The van der Waals surface area contributed by atoms with E-state index in [9.17, 15) is 20.1 Å². The van der Waals surface area contributed by atoms with Gasteiger partial charge in [0.15, 0.2) is 0 Å². The summed E-state index contributed by atoms with van der Waals surface area (Å²) >= 11 is 0. The van der Waals surface area contributed by atoms with E-state index in [0.29, 0.717) is 4.68 Å². The summed E-state index contributed by atoms with van der Waals surface area (Å²) in [7, 11) is 0. The molecule has 206 valence electrons. The Labute approximate surface area is 237 Å². The van der Waals surface area contributed by atoms with Gasteiger partial charge < -0.3 is 39.0 Å². The second-order valence-corrected chi connectivity index (χ2v) is 7.82. The van der Waals surface area contributed by atoms with E-state index in [2.05, 4.69) is 9.84 Å². The van der Waals surface area contributed by atoms with Crippen molar-refractivity contribution in [3.05, 3.63) is 41.1 Å². The fourth-order valence-electron chi connectivity index (χ4n) is 3.41. The Balaban J connectivity index is 2.14. The van der Waals surface area contributed by atoms with Gasteiger partial charge in [0.05, 0.1) is 14.1 Å². The Hall–Kier alpha value is -2.86. The molecule has 0 bridgehead atoms. The molecule has 11 nitrogen and oxygen atoms in total. The summed E-state index contributed by atoms with van der Waals surface area (Å²) in [5.41, 5.74) is -1.33. The highest BCUT2D eigenvalue weighted by Gasteiger charge is 2.46. The van der Waals surface area contributed by atoms with Crippen LogP contribution in [-0.4, -0.2) is 81.3 Å². The van der Waals surface area contributed by atoms with Crippen molar-refractivity contribution in [2.75, 3.05) is 13.2 Å². The summed E-state index contributed by atoms with van der Waals surface area (Å²) in [5.74, 6) is -1.30. The second kappa shape index (κ2) is 12.6. The maximum Gasteiger partial charge on any atom is 0.508 e. The molecule has 1 aliphatic heterocycles. The number of ether oxygens (including phenoxy) is 5. The molecule has 37 heavy (non-hydrogen) atoms. The minimum atomic E-state index is -3.45. The number of hydrogen-bond donors (Lipinski definition) is 3. The highest BCUT2D eigenvalue weighted by atomic mass is 16.7. The molecule has 1 aromatic heterocycles. The summed E-state index contributed by atoms with van der Waals surface area (Å²) in [6.45, 7) is -11.6. The Kier molecular flexibility index (Phi) is 4.88. The van der Waals surface area contributed by atoms with E-state index in [4.69, 9.17) is 39.5 Å². The van der Waals surface area contributed by atoms with E-state index < -0.39 is 112 Å². The molecule has 0 amide bonds. The molecule has 3 N–H and O–H groups in total. The van der Waals surface area contributed by atoms with Crippen molar-refractivity contribution in [1.29, 1.82) is 0 Å². The van der Waals surface area contributed by atoms with Crippen LogP contribution in [0.4, 0.5) is 4.79 Å². The van der Waals surface area contributed by atoms with Crippen LogP contribution in [0.2, 0.25) is 0 Å². The van der Waals surface area contributed by atoms with Crippen LogP contribution in [0.15, 0.2) is 24.3 Å². The van der Waals surface area contributed by atoms with Gasteiger partial charge in [-0.1, -0.05) is 12.1 Å². The molecular weight excluding hydrogens is 484 g/mol. The van der Waals surface area contributed by atoms with Gasteiger partial charge in [0.25, 0.3) is 0 Å². The first kappa shape index (κ1) is 14.3. The number of carbonyl (C=O) groups excluding carboxylic acids is 1. The van der Waals surface area contributed by atoms with Gasteiger partial charge in [0.1, 0.15) is 36.8 Å². The van der Waals surface area contributed by atoms with Gasteiger partial charge in [-0.15, -0.1) is 5.10 Å². The highest BCUT2D eigenvalue weighted by Crippen LogP contribution is 2.31. The Morgan fingerprint density at radius 1 is 1.16 bits per heavy atom. The molecule has 1 aliphatic rings. The van der Waals surface area contributed by atoms with Gasteiger partial charge in [-0.3, -0.25) is 4.68 Å². The molecule has 0 saturated carbocycles. The molecule has 0 aliphatic carbocycles. The number of carbonyl (C=O) groups is 1. The number of hydrogen-bond acceptors (Lipinski definition) is 10.